The Kier molecular flexibility index (Phi) is 6.82. The Labute approximate surface area is 360 Å². The third-order valence-electron chi connectivity index (χ3n) is 18.8. The van der Waals surface area contributed by atoms with E-state index in [1.165, 1.54) is 125 Å². The van der Waals surface area contributed by atoms with E-state index in [1.807, 2.05) is 0 Å². The Morgan fingerprint density at radius 2 is 0.721 bits per heavy atom. The highest BCUT2D eigenvalue weighted by Gasteiger charge is 2.63. The largest absolute Gasteiger partial charge is 0.310 e. The molecule has 8 saturated carbocycles. The van der Waals surface area contributed by atoms with Crippen LogP contribution in [0.5, 0.6) is 0 Å². The summed E-state index contributed by atoms with van der Waals surface area (Å²) in [5.74, 6) is 6.68. The Morgan fingerprint density at radius 1 is 0.311 bits per heavy atom. The molecule has 1 heteroatoms. The van der Waals surface area contributed by atoms with E-state index in [9.17, 15) is 0 Å². The fourth-order valence-corrected chi connectivity index (χ4v) is 17.2. The molecule has 8 fully saturated rings. The van der Waals surface area contributed by atoms with Crippen LogP contribution in [-0.2, 0) is 10.8 Å². The smallest absolute Gasteiger partial charge is 0.0465 e. The van der Waals surface area contributed by atoms with Gasteiger partial charge in [-0.05, 0) is 220 Å². The SMILES string of the molecule is c1ccc2c(c1)-c1ccc(N(c3ccc(-c4ccc5ccccc5c4)cc3)c3ccc4c(c3)C3(c5ccccc5-4)C4CC5CC(C4)CC3C5)cc1C21C2CC3CC(C2)CC1C3. The van der Waals surface area contributed by atoms with Crippen LogP contribution in [0.1, 0.15) is 86.5 Å². The van der Waals surface area contributed by atoms with Gasteiger partial charge in [0.2, 0.25) is 0 Å². The van der Waals surface area contributed by atoms with Crippen molar-refractivity contribution in [3.8, 4) is 33.4 Å². The lowest BCUT2D eigenvalue weighted by atomic mass is 9.43. The van der Waals surface area contributed by atoms with E-state index in [1.54, 1.807) is 22.3 Å². The van der Waals surface area contributed by atoms with Gasteiger partial charge < -0.3 is 4.90 Å². The van der Waals surface area contributed by atoms with Gasteiger partial charge in [0, 0.05) is 27.9 Å². The van der Waals surface area contributed by atoms with Crippen LogP contribution in [-0.4, -0.2) is 0 Å². The number of benzene rings is 7. The molecule has 0 aromatic heterocycles. The van der Waals surface area contributed by atoms with E-state index in [4.69, 9.17) is 0 Å². The van der Waals surface area contributed by atoms with E-state index < -0.39 is 0 Å². The lowest BCUT2D eigenvalue weighted by Gasteiger charge is -2.61. The summed E-state index contributed by atoms with van der Waals surface area (Å²) in [6.07, 6.45) is 14.2. The molecular formula is C60H53N. The van der Waals surface area contributed by atoms with Crippen molar-refractivity contribution in [3.05, 3.63) is 174 Å². The molecule has 0 N–H and O–H groups in total. The van der Waals surface area contributed by atoms with E-state index in [0.29, 0.717) is 0 Å². The molecule has 61 heavy (non-hydrogen) atoms. The molecule has 2 spiro atoms. The number of hydrogen-bond donors (Lipinski definition) is 0. The molecule has 7 aromatic carbocycles. The Balaban J connectivity index is 0.925. The summed E-state index contributed by atoms with van der Waals surface area (Å²) < 4.78 is 0. The average molecular weight is 788 g/mol. The molecule has 0 heterocycles. The maximum atomic E-state index is 2.70. The van der Waals surface area contributed by atoms with Crippen LogP contribution in [0.4, 0.5) is 17.1 Å². The summed E-state index contributed by atoms with van der Waals surface area (Å²) in [6.45, 7) is 0. The third-order valence-corrected chi connectivity index (χ3v) is 18.8. The molecule has 0 saturated heterocycles. The highest BCUT2D eigenvalue weighted by Crippen LogP contribution is 2.71. The summed E-state index contributed by atoms with van der Waals surface area (Å²) in [4.78, 5) is 2.66. The molecule has 0 amide bonds. The van der Waals surface area contributed by atoms with Gasteiger partial charge in [-0.1, -0.05) is 109 Å². The molecular weight excluding hydrogens is 735 g/mol. The molecule has 0 atom stereocenters. The Bertz CT molecular complexity index is 2770. The maximum absolute atomic E-state index is 2.70. The summed E-state index contributed by atoms with van der Waals surface area (Å²) >= 11 is 0. The van der Waals surface area contributed by atoms with Crippen LogP contribution in [0.3, 0.4) is 0 Å². The van der Waals surface area contributed by atoms with Gasteiger partial charge in [0.1, 0.15) is 0 Å². The molecule has 298 valence electrons. The zero-order valence-electron chi connectivity index (χ0n) is 35.1. The van der Waals surface area contributed by atoms with Gasteiger partial charge in [-0.3, -0.25) is 0 Å². The average Bonchev–Trinajstić information content (AvgIpc) is 3.75. The first-order valence-corrected chi connectivity index (χ1v) is 24.0. The second-order valence-electron chi connectivity index (χ2n) is 21.3. The maximum Gasteiger partial charge on any atom is 0.0465 e. The number of fused-ring (bicyclic) bond motifs is 7. The van der Waals surface area contributed by atoms with Crippen LogP contribution in [0.15, 0.2) is 152 Å². The van der Waals surface area contributed by atoms with Crippen molar-refractivity contribution in [2.75, 3.05) is 4.90 Å². The van der Waals surface area contributed by atoms with Crippen molar-refractivity contribution < 1.29 is 0 Å². The minimum absolute atomic E-state index is 0.130. The quantitative estimate of drug-likeness (QED) is 0.172. The number of hydrogen-bond acceptors (Lipinski definition) is 1. The second kappa shape index (κ2) is 12.2. The first-order valence-electron chi connectivity index (χ1n) is 24.0. The van der Waals surface area contributed by atoms with E-state index in [-0.39, 0.29) is 10.8 Å². The van der Waals surface area contributed by atoms with Gasteiger partial charge in [-0.2, -0.15) is 0 Å². The van der Waals surface area contributed by atoms with Crippen molar-refractivity contribution in [3.63, 3.8) is 0 Å². The van der Waals surface area contributed by atoms with Gasteiger partial charge in [0.15, 0.2) is 0 Å². The van der Waals surface area contributed by atoms with Crippen LogP contribution < -0.4 is 4.90 Å². The first kappa shape index (κ1) is 34.2. The Morgan fingerprint density at radius 3 is 1.23 bits per heavy atom. The lowest BCUT2D eigenvalue weighted by Crippen LogP contribution is -2.55. The first-order chi connectivity index (χ1) is 30.1. The molecule has 10 aliphatic carbocycles. The van der Waals surface area contributed by atoms with Crippen LogP contribution in [0.2, 0.25) is 0 Å². The van der Waals surface area contributed by atoms with Crippen LogP contribution in [0.25, 0.3) is 44.2 Å². The predicted molar refractivity (Wildman–Crippen MR) is 251 cm³/mol. The van der Waals surface area contributed by atoms with Crippen LogP contribution >= 0.6 is 0 Å². The highest BCUT2D eigenvalue weighted by molar-refractivity contribution is 5.91. The fraction of sp³-hybridized carbons (Fsp3) is 0.333. The summed E-state index contributed by atoms with van der Waals surface area (Å²) in [7, 11) is 0. The molecule has 1 nitrogen and oxygen atoms in total. The van der Waals surface area contributed by atoms with Gasteiger partial charge in [-0.15, -0.1) is 0 Å². The zero-order chi connectivity index (χ0) is 39.6. The second-order valence-corrected chi connectivity index (χ2v) is 21.3. The van der Waals surface area contributed by atoms with Gasteiger partial charge >= 0.3 is 0 Å². The van der Waals surface area contributed by atoms with Crippen molar-refractivity contribution in [1.82, 2.24) is 0 Å². The molecule has 0 radical (unpaired) electrons. The van der Waals surface area contributed by atoms with Crippen molar-refractivity contribution in [2.45, 2.75) is 75.0 Å². The minimum Gasteiger partial charge on any atom is -0.310 e. The molecule has 0 aliphatic heterocycles. The number of anilines is 3. The van der Waals surface area contributed by atoms with Gasteiger partial charge in [-0.25, -0.2) is 0 Å². The molecule has 17 rings (SSSR count). The zero-order valence-corrected chi connectivity index (χ0v) is 35.1. The Hall–Kier alpha value is -5.40. The van der Waals surface area contributed by atoms with E-state index >= 15 is 0 Å². The topological polar surface area (TPSA) is 3.24 Å². The van der Waals surface area contributed by atoms with Crippen molar-refractivity contribution in [2.24, 2.45) is 47.3 Å². The summed E-state index contributed by atoms with van der Waals surface area (Å²) in [5.41, 5.74) is 19.2. The van der Waals surface area contributed by atoms with Gasteiger partial charge in [0.25, 0.3) is 0 Å². The van der Waals surface area contributed by atoms with Crippen molar-refractivity contribution in [1.29, 1.82) is 0 Å². The molecule has 8 bridgehead atoms. The molecule has 7 aromatic rings. The monoisotopic (exact) mass is 787 g/mol. The molecule has 10 aliphatic rings. The fourth-order valence-electron chi connectivity index (χ4n) is 17.2. The highest BCUT2D eigenvalue weighted by atomic mass is 15.1. The minimum atomic E-state index is 0.130. The number of nitrogens with zero attached hydrogens (tertiary/aromatic N) is 1. The predicted octanol–water partition coefficient (Wildman–Crippen LogP) is 15.4. The summed E-state index contributed by atoms with van der Waals surface area (Å²) in [5, 5.41) is 2.58. The lowest BCUT2D eigenvalue weighted by molar-refractivity contribution is -0.0399. The van der Waals surface area contributed by atoms with E-state index in [0.717, 1.165) is 47.3 Å². The van der Waals surface area contributed by atoms with Crippen molar-refractivity contribution >= 4 is 27.8 Å². The third kappa shape index (κ3) is 4.43. The van der Waals surface area contributed by atoms with E-state index in [2.05, 4.69) is 157 Å². The number of rotatable bonds is 4. The van der Waals surface area contributed by atoms with Crippen LogP contribution in [0, 0.1) is 47.3 Å². The standard InChI is InChI=1S/C60H53N/c1-2-8-42-33-43(14-13-40(42)7-1)41-15-17-48(18-16-41)61(49-19-21-53-51-9-3-5-11-55(51)59(57(53)34-49)44-25-36-23-37(27-44)28-45(59)26-36)50-20-22-54-52-10-4-6-12-56(52)60(58(54)35-50)46-29-38-24-39(31-46)32-47(60)30-38/h1-22,33-39,44-47H,23-32H2. The van der Waals surface area contributed by atoms with Gasteiger partial charge in [0.05, 0.1) is 0 Å². The molecule has 0 unspecified atom stereocenters. The summed E-state index contributed by atoms with van der Waals surface area (Å²) in [6, 6.07) is 59.8. The normalized spacial score (nSPS) is 32.4.